The number of Topliss-reactive ketones (excluding diaryl/α,β-unsaturated/α-hetero) is 1. The number of carbonyl (C=O) groups excluding carboxylic acids is 1. The number of hydrogen-bond acceptors (Lipinski definition) is 3. The first kappa shape index (κ1) is 16.2. The molecule has 116 valence electrons. The van der Waals surface area contributed by atoms with Crippen LogP contribution >= 0.6 is 0 Å². The number of methoxy groups -OCH3 is 1. The Morgan fingerprint density at radius 2 is 2.00 bits per heavy atom. The molecule has 0 saturated heterocycles. The highest BCUT2D eigenvalue weighted by Gasteiger charge is 2.11. The van der Waals surface area contributed by atoms with E-state index in [4.69, 9.17) is 4.74 Å². The minimum absolute atomic E-state index is 0.0486. The van der Waals surface area contributed by atoms with Crippen molar-refractivity contribution in [1.82, 2.24) is 0 Å². The Morgan fingerprint density at radius 1 is 1.27 bits per heavy atom. The maximum Gasteiger partial charge on any atom is 0.209 e. The van der Waals surface area contributed by atoms with Crippen molar-refractivity contribution in [3.05, 3.63) is 53.4 Å². The first-order valence-corrected chi connectivity index (χ1v) is 7.77. The van der Waals surface area contributed by atoms with Gasteiger partial charge in [0, 0.05) is 6.92 Å². The number of hydrogen-bond donors (Lipinski definition) is 0. The van der Waals surface area contributed by atoms with Crippen LogP contribution in [0.5, 0.6) is 0 Å². The summed E-state index contributed by atoms with van der Waals surface area (Å²) in [5.41, 5.74) is 4.08. The maximum absolute atomic E-state index is 11.9. The molecule has 3 heteroatoms. The Kier molecular flexibility index (Phi) is 5.70. The molecule has 22 heavy (non-hydrogen) atoms. The van der Waals surface area contributed by atoms with Crippen molar-refractivity contribution in [2.24, 2.45) is 4.99 Å². The predicted octanol–water partition coefficient (Wildman–Crippen LogP) is 4.33. The van der Waals surface area contributed by atoms with E-state index in [1.54, 1.807) is 7.11 Å². The van der Waals surface area contributed by atoms with Crippen molar-refractivity contribution >= 4 is 17.1 Å². The number of aryl methyl sites for hydroxylation is 1. The van der Waals surface area contributed by atoms with Gasteiger partial charge >= 0.3 is 0 Å². The number of nitrogens with zero attached hydrogens (tertiary/aromatic N) is 1. The fraction of sp³-hybridized carbons (Fsp3) is 0.368. The third-order valence-corrected chi connectivity index (χ3v) is 3.81. The second kappa shape index (κ2) is 7.74. The number of ketones is 1. The lowest BCUT2D eigenvalue weighted by molar-refractivity contribution is -0.111. The van der Waals surface area contributed by atoms with Gasteiger partial charge in [-0.2, -0.15) is 0 Å². The van der Waals surface area contributed by atoms with E-state index in [1.807, 2.05) is 12.2 Å². The van der Waals surface area contributed by atoms with Crippen molar-refractivity contribution in [3.8, 4) is 0 Å². The summed E-state index contributed by atoms with van der Waals surface area (Å²) in [4.78, 5) is 16.2. The number of aliphatic imine (C=N–C) groups is 1. The van der Waals surface area contributed by atoms with Crippen LogP contribution in [0.25, 0.3) is 5.57 Å². The van der Waals surface area contributed by atoms with Crippen molar-refractivity contribution in [2.45, 2.75) is 39.5 Å². The highest BCUT2D eigenvalue weighted by atomic mass is 16.5. The third-order valence-electron chi connectivity index (χ3n) is 3.81. The predicted molar refractivity (Wildman–Crippen MR) is 90.9 cm³/mol. The smallest absolute Gasteiger partial charge is 0.209 e. The highest BCUT2D eigenvalue weighted by molar-refractivity contribution is 6.44. The molecule has 1 aliphatic heterocycles. The van der Waals surface area contributed by atoms with Crippen LogP contribution in [0.3, 0.4) is 0 Å². The normalized spacial score (nSPS) is 22.8. The minimum atomic E-state index is -0.0486. The Bertz CT molecular complexity index is 621. The molecule has 0 unspecified atom stereocenters. The third kappa shape index (κ3) is 4.17. The fourth-order valence-corrected chi connectivity index (χ4v) is 2.44. The van der Waals surface area contributed by atoms with Crippen molar-refractivity contribution in [3.63, 3.8) is 0 Å². The summed E-state index contributed by atoms with van der Waals surface area (Å²) in [5, 5.41) is 0. The summed E-state index contributed by atoms with van der Waals surface area (Å²) < 4.78 is 5.23. The topological polar surface area (TPSA) is 38.7 Å². The molecule has 1 aromatic rings. The molecule has 0 amide bonds. The van der Waals surface area contributed by atoms with Gasteiger partial charge in [-0.3, -0.25) is 4.79 Å². The van der Waals surface area contributed by atoms with Crippen LogP contribution < -0.4 is 0 Å². The summed E-state index contributed by atoms with van der Waals surface area (Å²) in [6.45, 7) is 3.69. The molecular formula is C19H23NO2. The molecule has 0 N–H and O–H groups in total. The molecule has 3 nitrogen and oxygen atoms in total. The molecule has 0 atom stereocenters. The van der Waals surface area contributed by atoms with Gasteiger partial charge in [-0.1, -0.05) is 31.2 Å². The van der Waals surface area contributed by atoms with Crippen molar-refractivity contribution < 1.29 is 9.53 Å². The fourth-order valence-electron chi connectivity index (χ4n) is 2.44. The van der Waals surface area contributed by atoms with Crippen LogP contribution in [0, 0.1) is 0 Å². The molecule has 0 saturated carbocycles. The average Bonchev–Trinajstić information content (AvgIpc) is 2.65. The number of rotatable bonds is 4. The summed E-state index contributed by atoms with van der Waals surface area (Å²) in [6.07, 6.45) is 7.70. The van der Waals surface area contributed by atoms with E-state index in [0.717, 1.165) is 36.8 Å². The van der Waals surface area contributed by atoms with Gasteiger partial charge in [-0.25, -0.2) is 4.99 Å². The van der Waals surface area contributed by atoms with Crippen LogP contribution in [0.2, 0.25) is 0 Å². The lowest BCUT2D eigenvalue weighted by atomic mass is 9.97. The van der Waals surface area contributed by atoms with Gasteiger partial charge in [-0.15, -0.1) is 0 Å². The van der Waals surface area contributed by atoms with Crippen LogP contribution in [-0.2, 0) is 16.0 Å². The molecule has 1 heterocycles. The summed E-state index contributed by atoms with van der Waals surface area (Å²) in [7, 11) is 1.58. The first-order valence-electron chi connectivity index (χ1n) is 7.77. The first-order chi connectivity index (χ1) is 10.6. The van der Waals surface area contributed by atoms with E-state index >= 15 is 0 Å². The lowest BCUT2D eigenvalue weighted by Gasteiger charge is -2.08. The molecular weight excluding hydrogens is 274 g/mol. The minimum Gasteiger partial charge on any atom is -0.481 e. The SMILES string of the molecule is CCc1ccc(/C2=C/C(C(C)=O)=N/C(OC)=C\CCC2)cc1. The average molecular weight is 297 g/mol. The van der Waals surface area contributed by atoms with Gasteiger partial charge in [0.1, 0.15) is 5.71 Å². The highest BCUT2D eigenvalue weighted by Crippen LogP contribution is 2.24. The van der Waals surface area contributed by atoms with Crippen LogP contribution in [0.15, 0.2) is 47.3 Å². The van der Waals surface area contributed by atoms with Crippen molar-refractivity contribution in [1.29, 1.82) is 0 Å². The van der Waals surface area contributed by atoms with Gasteiger partial charge in [0.05, 0.1) is 7.11 Å². The molecule has 1 aliphatic rings. The zero-order chi connectivity index (χ0) is 15.9. The summed E-state index contributed by atoms with van der Waals surface area (Å²) in [5.74, 6) is 0.469. The monoisotopic (exact) mass is 297 g/mol. The van der Waals surface area contributed by atoms with Crippen molar-refractivity contribution in [2.75, 3.05) is 7.11 Å². The van der Waals surface area contributed by atoms with E-state index in [9.17, 15) is 4.79 Å². The Balaban J connectivity index is 2.41. The Morgan fingerprint density at radius 3 is 2.59 bits per heavy atom. The quantitative estimate of drug-likeness (QED) is 0.829. The van der Waals surface area contributed by atoms with Gasteiger partial charge in [0.2, 0.25) is 5.88 Å². The van der Waals surface area contributed by atoms with Crippen LogP contribution in [0.4, 0.5) is 0 Å². The van der Waals surface area contributed by atoms with Gasteiger partial charge in [-0.05, 0) is 54.5 Å². The van der Waals surface area contributed by atoms with E-state index in [2.05, 4.69) is 36.2 Å². The molecule has 1 aromatic carbocycles. The van der Waals surface area contributed by atoms with Gasteiger partial charge < -0.3 is 4.74 Å². The largest absolute Gasteiger partial charge is 0.481 e. The molecule has 0 fully saturated rings. The molecule has 0 aromatic heterocycles. The molecule has 0 radical (unpaired) electrons. The lowest BCUT2D eigenvalue weighted by Crippen LogP contribution is -2.08. The Labute approximate surface area is 132 Å². The molecule has 0 bridgehead atoms. The zero-order valence-corrected chi connectivity index (χ0v) is 13.6. The number of allylic oxidation sites excluding steroid dienone is 3. The van der Waals surface area contributed by atoms with Crippen LogP contribution in [-0.4, -0.2) is 18.6 Å². The zero-order valence-electron chi connectivity index (χ0n) is 13.6. The molecule has 2 rings (SSSR count). The standard InChI is InChI=1S/C19H23NO2/c1-4-15-9-11-16(12-10-15)17-7-5-6-8-19(22-3)20-18(13-17)14(2)21/h8-13H,4-7H2,1-3H3/b17-13+,19-8+,20-18-. The molecule has 0 aliphatic carbocycles. The summed E-state index contributed by atoms with van der Waals surface area (Å²) >= 11 is 0. The number of carbonyl (C=O) groups is 1. The number of benzene rings is 1. The summed E-state index contributed by atoms with van der Waals surface area (Å²) in [6, 6.07) is 8.55. The van der Waals surface area contributed by atoms with Crippen LogP contribution in [0.1, 0.15) is 44.2 Å². The molecule has 0 spiro atoms. The van der Waals surface area contributed by atoms with Gasteiger partial charge in [0.15, 0.2) is 5.78 Å². The second-order valence-corrected chi connectivity index (χ2v) is 5.41. The van der Waals surface area contributed by atoms with E-state index < -0.39 is 0 Å². The number of ether oxygens (including phenoxy) is 1. The van der Waals surface area contributed by atoms with E-state index in [1.165, 1.54) is 12.5 Å². The maximum atomic E-state index is 11.9. The van der Waals surface area contributed by atoms with Gasteiger partial charge in [0.25, 0.3) is 0 Å². The second-order valence-electron chi connectivity index (χ2n) is 5.41. The Hall–Kier alpha value is -2.16. The van der Waals surface area contributed by atoms with E-state index in [0.29, 0.717) is 11.6 Å². The van der Waals surface area contributed by atoms with E-state index in [-0.39, 0.29) is 5.78 Å².